The summed E-state index contributed by atoms with van der Waals surface area (Å²) < 4.78 is 29.0. The van der Waals surface area contributed by atoms with Gasteiger partial charge >= 0.3 is 12.0 Å². The first-order valence-corrected chi connectivity index (χ1v) is 7.58. The molecule has 1 rings (SSSR count). The van der Waals surface area contributed by atoms with Gasteiger partial charge in [0.25, 0.3) is 0 Å². The maximum absolute atomic E-state index is 11.6. The zero-order valence-corrected chi connectivity index (χ0v) is 12.2. The molecule has 1 atom stereocenters. The number of rotatable bonds is 6. The van der Waals surface area contributed by atoms with Crippen molar-refractivity contribution >= 4 is 22.0 Å². The summed E-state index contributed by atoms with van der Waals surface area (Å²) in [5.74, 6) is -1.43. The second-order valence-corrected chi connectivity index (χ2v) is 6.97. The molecule has 10 heteroatoms. The normalized spacial score (nSPS) is 22.8. The van der Waals surface area contributed by atoms with E-state index in [0.717, 1.165) is 4.31 Å². The summed E-state index contributed by atoms with van der Waals surface area (Å²) in [5.41, 5.74) is -1.44. The van der Waals surface area contributed by atoms with E-state index in [4.69, 9.17) is 9.84 Å². The first-order chi connectivity index (χ1) is 9.19. The van der Waals surface area contributed by atoms with Crippen LogP contribution in [0.15, 0.2) is 0 Å². The number of hydrogen-bond donors (Lipinski definition) is 3. The third-order valence-corrected chi connectivity index (χ3v) is 4.82. The van der Waals surface area contributed by atoms with Crippen LogP contribution in [-0.2, 0) is 19.6 Å². The van der Waals surface area contributed by atoms with E-state index in [1.807, 2.05) is 0 Å². The Kier molecular flexibility index (Phi) is 5.31. The first-order valence-electron chi connectivity index (χ1n) is 5.97. The van der Waals surface area contributed by atoms with Gasteiger partial charge < -0.3 is 20.5 Å². The molecule has 9 nitrogen and oxygen atoms in total. The summed E-state index contributed by atoms with van der Waals surface area (Å²) in [4.78, 5) is 22.8. The smallest absolute Gasteiger partial charge is 0.332 e. The molecule has 1 saturated heterocycles. The van der Waals surface area contributed by atoms with Crippen LogP contribution in [0.4, 0.5) is 4.79 Å². The number of carbonyl (C=O) groups excluding carboxylic acids is 1. The Labute approximate surface area is 117 Å². The van der Waals surface area contributed by atoms with Crippen LogP contribution in [0.5, 0.6) is 0 Å². The molecule has 0 aliphatic carbocycles. The summed E-state index contributed by atoms with van der Waals surface area (Å²) in [7, 11) is -0.616. The fourth-order valence-corrected chi connectivity index (χ4v) is 2.35. The van der Waals surface area contributed by atoms with Gasteiger partial charge in [-0.05, 0) is 0 Å². The van der Waals surface area contributed by atoms with Crippen LogP contribution in [0.3, 0.4) is 0 Å². The van der Waals surface area contributed by atoms with Gasteiger partial charge in [0.15, 0.2) is 5.54 Å². The monoisotopic (exact) mass is 309 g/mol. The molecule has 0 spiro atoms. The quantitative estimate of drug-likeness (QED) is 0.544. The Balaban J connectivity index is 2.46. The zero-order valence-electron chi connectivity index (χ0n) is 11.4. The van der Waals surface area contributed by atoms with Crippen LogP contribution in [0.25, 0.3) is 0 Å². The molecule has 2 amide bonds. The van der Waals surface area contributed by atoms with Crippen LogP contribution in [0, 0.1) is 0 Å². The SMILES string of the molecule is CN(C)S(=O)(=O)CCNC(=O)NC1(C(=O)O)CCOC1. The molecule has 1 unspecified atom stereocenters. The molecular formula is C10H19N3O6S. The minimum Gasteiger partial charge on any atom is -0.479 e. The standard InChI is InChI=1S/C10H19N3O6S/c1-13(2)20(17,18)6-4-11-9(16)12-10(8(14)15)3-5-19-7-10/h3-7H2,1-2H3,(H,14,15)(H2,11,12,16). The van der Waals surface area contributed by atoms with Crippen molar-refractivity contribution in [1.29, 1.82) is 0 Å². The van der Waals surface area contributed by atoms with Gasteiger partial charge in [-0.1, -0.05) is 0 Å². The number of carboxylic acids is 1. The van der Waals surface area contributed by atoms with E-state index >= 15 is 0 Å². The molecule has 116 valence electrons. The zero-order chi connectivity index (χ0) is 15.4. The van der Waals surface area contributed by atoms with Crippen LogP contribution >= 0.6 is 0 Å². The van der Waals surface area contributed by atoms with Crippen molar-refractivity contribution < 1.29 is 27.9 Å². The fourth-order valence-electron chi connectivity index (χ4n) is 1.62. The number of aliphatic carboxylic acids is 1. The summed E-state index contributed by atoms with van der Waals surface area (Å²) in [6, 6.07) is -0.730. The molecule has 1 aliphatic rings. The lowest BCUT2D eigenvalue weighted by molar-refractivity contribution is -0.144. The number of nitrogens with zero attached hydrogens (tertiary/aromatic N) is 1. The van der Waals surface area contributed by atoms with Crippen molar-refractivity contribution in [3.8, 4) is 0 Å². The summed E-state index contributed by atoms with van der Waals surface area (Å²) in [5, 5.41) is 13.8. The van der Waals surface area contributed by atoms with Crippen LogP contribution in [0.1, 0.15) is 6.42 Å². The number of amides is 2. The highest BCUT2D eigenvalue weighted by Gasteiger charge is 2.43. The molecule has 3 N–H and O–H groups in total. The number of urea groups is 1. The highest BCUT2D eigenvalue weighted by molar-refractivity contribution is 7.89. The summed E-state index contributed by atoms with van der Waals surface area (Å²) in [6.07, 6.45) is 0.172. The Morgan fingerprint density at radius 1 is 1.40 bits per heavy atom. The minimum atomic E-state index is -3.40. The van der Waals surface area contributed by atoms with Crippen molar-refractivity contribution in [2.75, 3.05) is 39.6 Å². The summed E-state index contributed by atoms with van der Waals surface area (Å²) in [6.45, 7) is 0.0379. The summed E-state index contributed by atoms with van der Waals surface area (Å²) >= 11 is 0. The number of sulfonamides is 1. The highest BCUT2D eigenvalue weighted by atomic mass is 32.2. The minimum absolute atomic E-state index is 0.105. The lowest BCUT2D eigenvalue weighted by Crippen LogP contribution is -2.58. The predicted octanol–water partition coefficient (Wildman–Crippen LogP) is -1.58. The van der Waals surface area contributed by atoms with E-state index in [1.54, 1.807) is 0 Å². The van der Waals surface area contributed by atoms with E-state index in [2.05, 4.69) is 10.6 Å². The topological polar surface area (TPSA) is 125 Å². The average Bonchev–Trinajstić information content (AvgIpc) is 2.78. The third kappa shape index (κ3) is 4.05. The highest BCUT2D eigenvalue weighted by Crippen LogP contribution is 2.18. The first kappa shape index (κ1) is 16.7. The van der Waals surface area contributed by atoms with Crippen molar-refractivity contribution in [3.05, 3.63) is 0 Å². The molecule has 20 heavy (non-hydrogen) atoms. The van der Waals surface area contributed by atoms with Crippen molar-refractivity contribution in [3.63, 3.8) is 0 Å². The number of nitrogens with one attached hydrogen (secondary N) is 2. The number of carbonyl (C=O) groups is 2. The predicted molar refractivity (Wildman–Crippen MR) is 69.8 cm³/mol. The van der Waals surface area contributed by atoms with Gasteiger partial charge in [-0.15, -0.1) is 0 Å². The second-order valence-electron chi connectivity index (χ2n) is 4.67. The van der Waals surface area contributed by atoms with Crippen molar-refractivity contribution in [2.24, 2.45) is 0 Å². The van der Waals surface area contributed by atoms with Gasteiger partial charge in [0, 0.05) is 33.7 Å². The maximum atomic E-state index is 11.6. The van der Waals surface area contributed by atoms with Gasteiger partial charge in [0.1, 0.15) is 0 Å². The Hall–Kier alpha value is -1.39. The molecule has 1 fully saturated rings. The molecule has 0 saturated carbocycles. The molecule has 1 aliphatic heterocycles. The van der Waals surface area contributed by atoms with E-state index in [0.29, 0.717) is 0 Å². The van der Waals surface area contributed by atoms with E-state index in [9.17, 15) is 18.0 Å². The van der Waals surface area contributed by atoms with Crippen LogP contribution in [-0.4, -0.2) is 75.0 Å². The van der Waals surface area contributed by atoms with Gasteiger partial charge in [0.2, 0.25) is 10.0 Å². The Morgan fingerprint density at radius 3 is 2.50 bits per heavy atom. The van der Waals surface area contributed by atoms with E-state index in [1.165, 1.54) is 14.1 Å². The molecule has 0 aromatic carbocycles. The van der Waals surface area contributed by atoms with Gasteiger partial charge in [-0.2, -0.15) is 0 Å². The third-order valence-electron chi connectivity index (χ3n) is 2.99. The Bertz CT molecular complexity index is 469. The lowest BCUT2D eigenvalue weighted by Gasteiger charge is -2.23. The lowest BCUT2D eigenvalue weighted by atomic mass is 9.99. The maximum Gasteiger partial charge on any atom is 0.332 e. The number of ether oxygens (including phenoxy) is 1. The number of carboxylic acid groups (broad SMARTS) is 1. The fraction of sp³-hybridized carbons (Fsp3) is 0.800. The molecule has 0 radical (unpaired) electrons. The second kappa shape index (κ2) is 6.37. The van der Waals surface area contributed by atoms with Crippen LogP contribution < -0.4 is 10.6 Å². The molecule has 1 heterocycles. The molecular weight excluding hydrogens is 290 g/mol. The largest absolute Gasteiger partial charge is 0.479 e. The van der Waals surface area contributed by atoms with E-state index in [-0.39, 0.29) is 31.9 Å². The van der Waals surface area contributed by atoms with Crippen molar-refractivity contribution in [1.82, 2.24) is 14.9 Å². The molecule has 0 aromatic heterocycles. The molecule has 0 bridgehead atoms. The van der Waals surface area contributed by atoms with E-state index < -0.39 is 27.6 Å². The van der Waals surface area contributed by atoms with Crippen LogP contribution in [0.2, 0.25) is 0 Å². The Morgan fingerprint density at radius 2 is 2.05 bits per heavy atom. The van der Waals surface area contributed by atoms with Crippen molar-refractivity contribution in [2.45, 2.75) is 12.0 Å². The average molecular weight is 309 g/mol. The van der Waals surface area contributed by atoms with Gasteiger partial charge in [-0.3, -0.25) is 0 Å². The van der Waals surface area contributed by atoms with Gasteiger partial charge in [-0.25, -0.2) is 22.3 Å². The number of hydrogen-bond acceptors (Lipinski definition) is 5. The molecule has 0 aromatic rings. The van der Waals surface area contributed by atoms with Gasteiger partial charge in [0.05, 0.1) is 12.4 Å².